The van der Waals surface area contributed by atoms with Crippen LogP contribution in [0, 0.1) is 17.1 Å². The van der Waals surface area contributed by atoms with Crippen molar-refractivity contribution in [3.05, 3.63) is 41.2 Å². The maximum absolute atomic E-state index is 13.7. The van der Waals surface area contributed by atoms with Gasteiger partial charge in [-0.15, -0.1) is 0 Å². The molecule has 0 aliphatic rings. The van der Waals surface area contributed by atoms with Gasteiger partial charge in [-0.25, -0.2) is 4.39 Å². The number of aromatic hydroxyl groups is 1. The Hall–Kier alpha value is -2.08. The number of benzene rings is 2. The van der Waals surface area contributed by atoms with Crippen LogP contribution < -0.4 is 0 Å². The predicted molar refractivity (Wildman–Crippen MR) is 69.0 cm³/mol. The van der Waals surface area contributed by atoms with Crippen molar-refractivity contribution in [2.24, 2.45) is 0 Å². The van der Waals surface area contributed by atoms with E-state index >= 15 is 0 Å². The number of phenols is 1. The molecule has 92 valence electrons. The molecule has 2 nitrogen and oxygen atoms in total. The minimum atomic E-state index is -0.527. The van der Waals surface area contributed by atoms with Crippen LogP contribution in [0.4, 0.5) is 4.39 Å². The summed E-state index contributed by atoms with van der Waals surface area (Å²) in [5.74, 6) is -0.399. The molecule has 0 atom stereocenters. The Labute approximate surface area is 105 Å². The van der Waals surface area contributed by atoms with Gasteiger partial charge in [0.25, 0.3) is 0 Å². The van der Waals surface area contributed by atoms with Crippen molar-refractivity contribution in [3.63, 3.8) is 0 Å². The summed E-state index contributed by atoms with van der Waals surface area (Å²) < 4.78 is 13.7. The molecule has 0 radical (unpaired) electrons. The van der Waals surface area contributed by atoms with Crippen molar-refractivity contribution in [3.8, 4) is 11.8 Å². The first-order valence-electron chi connectivity index (χ1n) is 5.70. The highest BCUT2D eigenvalue weighted by molar-refractivity contribution is 5.93. The van der Waals surface area contributed by atoms with Crippen LogP contribution in [-0.2, 0) is 5.41 Å². The summed E-state index contributed by atoms with van der Waals surface area (Å²) in [5, 5.41) is 20.1. The molecule has 1 N–H and O–H groups in total. The minimum Gasteiger partial charge on any atom is -0.508 e. The smallest absolute Gasteiger partial charge is 0.141 e. The Bertz CT molecular complexity index is 663. The second-order valence-electron chi connectivity index (χ2n) is 5.38. The lowest BCUT2D eigenvalue weighted by atomic mass is 9.82. The van der Waals surface area contributed by atoms with Gasteiger partial charge in [0.05, 0.1) is 5.56 Å². The van der Waals surface area contributed by atoms with Crippen molar-refractivity contribution in [2.75, 3.05) is 0 Å². The lowest BCUT2D eigenvalue weighted by Gasteiger charge is -2.22. The quantitative estimate of drug-likeness (QED) is 0.763. The molecule has 0 aromatic heterocycles. The Kier molecular flexibility index (Phi) is 2.74. The summed E-state index contributed by atoms with van der Waals surface area (Å²) >= 11 is 0. The van der Waals surface area contributed by atoms with Gasteiger partial charge in [0.1, 0.15) is 17.6 Å². The van der Waals surface area contributed by atoms with Gasteiger partial charge in [-0.05, 0) is 34.6 Å². The zero-order chi connectivity index (χ0) is 13.5. The molecule has 0 aliphatic heterocycles. The molecule has 0 amide bonds. The third kappa shape index (κ3) is 1.91. The highest BCUT2D eigenvalue weighted by Crippen LogP contribution is 2.35. The molecule has 2 rings (SSSR count). The zero-order valence-electron chi connectivity index (χ0n) is 10.6. The van der Waals surface area contributed by atoms with Crippen molar-refractivity contribution in [2.45, 2.75) is 26.2 Å². The van der Waals surface area contributed by atoms with Crippen LogP contribution in [0.2, 0.25) is 0 Å². The third-order valence-corrected chi connectivity index (χ3v) is 2.97. The molecular weight excluding hydrogens is 229 g/mol. The van der Waals surface area contributed by atoms with Gasteiger partial charge >= 0.3 is 0 Å². The molecular formula is C15H14FNO. The summed E-state index contributed by atoms with van der Waals surface area (Å²) in [7, 11) is 0. The van der Waals surface area contributed by atoms with Crippen molar-refractivity contribution < 1.29 is 9.50 Å². The van der Waals surface area contributed by atoms with Gasteiger partial charge in [0.15, 0.2) is 0 Å². The highest BCUT2D eigenvalue weighted by atomic mass is 19.1. The van der Waals surface area contributed by atoms with Gasteiger partial charge < -0.3 is 5.11 Å². The van der Waals surface area contributed by atoms with E-state index in [2.05, 4.69) is 0 Å². The Balaban J connectivity index is 3.02. The van der Waals surface area contributed by atoms with Crippen LogP contribution >= 0.6 is 0 Å². The Morgan fingerprint density at radius 1 is 1.22 bits per heavy atom. The maximum atomic E-state index is 13.7. The number of nitriles is 1. The van der Waals surface area contributed by atoms with E-state index in [4.69, 9.17) is 5.26 Å². The second kappa shape index (κ2) is 3.99. The van der Waals surface area contributed by atoms with Gasteiger partial charge in [-0.2, -0.15) is 5.26 Å². The molecule has 2 aromatic carbocycles. The fourth-order valence-electron chi connectivity index (χ4n) is 2.13. The Morgan fingerprint density at radius 2 is 1.89 bits per heavy atom. The number of hydrogen-bond acceptors (Lipinski definition) is 2. The molecule has 18 heavy (non-hydrogen) atoms. The van der Waals surface area contributed by atoms with E-state index in [0.717, 1.165) is 5.56 Å². The van der Waals surface area contributed by atoms with Crippen LogP contribution in [0.3, 0.4) is 0 Å². The van der Waals surface area contributed by atoms with Crippen LogP contribution in [0.15, 0.2) is 24.3 Å². The van der Waals surface area contributed by atoms with E-state index in [0.29, 0.717) is 10.8 Å². The number of rotatable bonds is 0. The molecule has 0 saturated carbocycles. The topological polar surface area (TPSA) is 44.0 Å². The number of halogens is 1. The number of fused-ring (bicyclic) bond motifs is 1. The highest BCUT2D eigenvalue weighted by Gasteiger charge is 2.21. The predicted octanol–water partition coefficient (Wildman–Crippen LogP) is 3.85. The molecule has 3 heteroatoms. The molecule has 0 fully saturated rings. The minimum absolute atomic E-state index is 0.0393. The molecule has 0 unspecified atom stereocenters. The summed E-state index contributed by atoms with van der Waals surface area (Å²) in [6.07, 6.45) is 0. The SMILES string of the molecule is CC(C)(C)c1cc(O)cc2ccc(F)c(C#N)c12. The van der Waals surface area contributed by atoms with Crippen molar-refractivity contribution in [1.29, 1.82) is 5.26 Å². The summed E-state index contributed by atoms with van der Waals surface area (Å²) in [5.41, 5.74) is 0.530. The molecule has 0 aliphatic carbocycles. The van der Waals surface area contributed by atoms with Crippen LogP contribution in [0.5, 0.6) is 5.75 Å². The first-order chi connectivity index (χ1) is 8.34. The first kappa shape index (κ1) is 12.4. The summed E-state index contributed by atoms with van der Waals surface area (Å²) in [4.78, 5) is 0. The maximum Gasteiger partial charge on any atom is 0.141 e. The normalized spacial score (nSPS) is 11.5. The van der Waals surface area contributed by atoms with Crippen molar-refractivity contribution in [1.82, 2.24) is 0 Å². The van der Waals surface area contributed by atoms with E-state index in [1.807, 2.05) is 26.8 Å². The fourth-order valence-corrected chi connectivity index (χ4v) is 2.13. The standard InChI is InChI=1S/C15H14FNO/c1-15(2,3)12-7-10(18)6-9-4-5-13(16)11(8-17)14(9)12/h4-7,18H,1-3H3. The van der Waals surface area contributed by atoms with Crippen molar-refractivity contribution >= 4 is 10.8 Å². The van der Waals surface area contributed by atoms with E-state index in [-0.39, 0.29) is 16.7 Å². The van der Waals surface area contributed by atoms with E-state index in [1.165, 1.54) is 6.07 Å². The van der Waals surface area contributed by atoms with Gasteiger partial charge in [0.2, 0.25) is 0 Å². The summed E-state index contributed by atoms with van der Waals surface area (Å²) in [6.45, 7) is 5.90. The Morgan fingerprint density at radius 3 is 2.44 bits per heavy atom. The number of hydrogen-bond donors (Lipinski definition) is 1. The fraction of sp³-hybridized carbons (Fsp3) is 0.267. The third-order valence-electron chi connectivity index (χ3n) is 2.97. The largest absolute Gasteiger partial charge is 0.508 e. The lowest BCUT2D eigenvalue weighted by molar-refractivity contribution is 0.472. The monoisotopic (exact) mass is 243 g/mol. The van der Waals surface area contributed by atoms with E-state index in [9.17, 15) is 9.50 Å². The molecule has 0 bridgehead atoms. The van der Waals surface area contributed by atoms with Gasteiger partial charge in [-0.1, -0.05) is 26.8 Å². The van der Waals surface area contributed by atoms with E-state index < -0.39 is 5.82 Å². The first-order valence-corrected chi connectivity index (χ1v) is 5.70. The number of phenolic OH excluding ortho intramolecular Hbond substituents is 1. The van der Waals surface area contributed by atoms with Gasteiger partial charge in [0, 0.05) is 5.39 Å². The number of nitrogens with zero attached hydrogens (tertiary/aromatic N) is 1. The summed E-state index contributed by atoms with van der Waals surface area (Å²) in [6, 6.07) is 7.90. The van der Waals surface area contributed by atoms with E-state index in [1.54, 1.807) is 18.2 Å². The zero-order valence-corrected chi connectivity index (χ0v) is 10.6. The van der Waals surface area contributed by atoms with Crippen LogP contribution in [0.25, 0.3) is 10.8 Å². The van der Waals surface area contributed by atoms with Crippen LogP contribution in [-0.4, -0.2) is 5.11 Å². The molecule has 0 saturated heterocycles. The molecule has 0 spiro atoms. The van der Waals surface area contributed by atoms with Gasteiger partial charge in [-0.3, -0.25) is 0 Å². The van der Waals surface area contributed by atoms with Crippen LogP contribution in [0.1, 0.15) is 31.9 Å². The average molecular weight is 243 g/mol. The second-order valence-corrected chi connectivity index (χ2v) is 5.38. The lowest BCUT2D eigenvalue weighted by Crippen LogP contribution is -2.12. The molecule has 2 aromatic rings. The average Bonchev–Trinajstić information content (AvgIpc) is 2.27. The molecule has 0 heterocycles.